The molecule has 1 aliphatic heterocycles. The lowest BCUT2D eigenvalue weighted by Crippen LogP contribution is -2.46. The number of carbonyl (C=O) groups excluding carboxylic acids is 2. The Morgan fingerprint density at radius 3 is 2.90 bits per heavy atom. The monoisotopic (exact) mass is 356 g/mol. The summed E-state index contributed by atoms with van der Waals surface area (Å²) in [5, 5.41) is 2.80. The van der Waals surface area contributed by atoms with Crippen LogP contribution in [0.3, 0.4) is 0 Å². The molecule has 0 bridgehead atoms. The number of piperidine rings is 1. The molecule has 1 aliphatic rings. The van der Waals surface area contributed by atoms with Crippen LogP contribution in [0.15, 0.2) is 16.7 Å². The van der Waals surface area contributed by atoms with Crippen molar-refractivity contribution in [3.05, 3.63) is 22.4 Å². The number of aryl methyl sites for hydroxylation is 1. The van der Waals surface area contributed by atoms with Crippen molar-refractivity contribution in [2.45, 2.75) is 12.8 Å². The lowest BCUT2D eigenvalue weighted by Gasteiger charge is -2.32. The second-order valence-electron chi connectivity index (χ2n) is 5.32. The van der Waals surface area contributed by atoms with E-state index in [1.807, 2.05) is 13.2 Å². The van der Waals surface area contributed by atoms with Crippen molar-refractivity contribution in [3.63, 3.8) is 0 Å². The quantitative estimate of drug-likeness (QED) is 0.833. The number of nitrogens with zero attached hydrogens (tertiary/aromatic N) is 2. The number of nitrogens with one attached hydrogen (secondary N) is 1. The average molecular weight is 357 g/mol. The second-order valence-corrected chi connectivity index (χ2v) is 6.24. The minimum atomic E-state index is -0.141. The molecule has 0 aromatic carbocycles. The molecule has 6 nitrogen and oxygen atoms in total. The Morgan fingerprint density at radius 1 is 1.52 bits per heavy atom. The SMILES string of the molecule is Cn1cc(Br)cc1C(=O)N1CCCC(C(=O)NCCN)C1. The standard InChI is InChI=1S/C14H21BrN4O2/c1-18-9-11(15)7-12(18)14(21)19-6-2-3-10(8-19)13(20)17-5-4-16/h7,9-10H,2-6,8,16H2,1H3,(H,17,20). The zero-order valence-corrected chi connectivity index (χ0v) is 13.7. The molecular weight excluding hydrogens is 336 g/mol. The van der Waals surface area contributed by atoms with Crippen LogP contribution in [0.1, 0.15) is 23.3 Å². The molecule has 2 rings (SSSR count). The third kappa shape index (κ3) is 3.85. The van der Waals surface area contributed by atoms with E-state index in [1.165, 1.54) is 0 Å². The summed E-state index contributed by atoms with van der Waals surface area (Å²) in [6, 6.07) is 1.81. The minimum absolute atomic E-state index is 0.00832. The Hall–Kier alpha value is -1.34. The van der Waals surface area contributed by atoms with Crippen molar-refractivity contribution in [3.8, 4) is 0 Å². The van der Waals surface area contributed by atoms with E-state index >= 15 is 0 Å². The van der Waals surface area contributed by atoms with Crippen molar-refractivity contribution < 1.29 is 9.59 Å². The number of carbonyl (C=O) groups is 2. The molecule has 1 fully saturated rings. The van der Waals surface area contributed by atoms with Gasteiger partial charge in [-0.25, -0.2) is 0 Å². The van der Waals surface area contributed by atoms with Crippen LogP contribution >= 0.6 is 15.9 Å². The predicted molar refractivity (Wildman–Crippen MR) is 83.8 cm³/mol. The Labute approximate surface area is 132 Å². The Kier molecular flexibility index (Phi) is 5.41. The van der Waals surface area contributed by atoms with Gasteiger partial charge in [-0.3, -0.25) is 9.59 Å². The van der Waals surface area contributed by atoms with Gasteiger partial charge >= 0.3 is 0 Å². The van der Waals surface area contributed by atoms with Gasteiger partial charge in [0, 0.05) is 43.9 Å². The van der Waals surface area contributed by atoms with Crippen LogP contribution < -0.4 is 11.1 Å². The maximum Gasteiger partial charge on any atom is 0.270 e. The molecule has 0 saturated carbocycles. The molecule has 1 unspecified atom stereocenters. The van der Waals surface area contributed by atoms with Gasteiger partial charge < -0.3 is 20.5 Å². The molecule has 3 N–H and O–H groups in total. The Balaban J connectivity index is 2.02. The van der Waals surface area contributed by atoms with Crippen molar-refractivity contribution in [2.75, 3.05) is 26.2 Å². The van der Waals surface area contributed by atoms with Crippen LogP contribution in [-0.2, 0) is 11.8 Å². The number of hydrogen-bond acceptors (Lipinski definition) is 3. The van der Waals surface area contributed by atoms with Crippen LogP contribution in [0.4, 0.5) is 0 Å². The zero-order valence-electron chi connectivity index (χ0n) is 12.1. The Bertz CT molecular complexity index is 529. The first kappa shape index (κ1) is 16.0. The highest BCUT2D eigenvalue weighted by Gasteiger charge is 2.29. The predicted octanol–water partition coefficient (Wildman–Crippen LogP) is 0.715. The van der Waals surface area contributed by atoms with E-state index in [-0.39, 0.29) is 17.7 Å². The first-order valence-corrected chi connectivity index (χ1v) is 7.91. The molecule has 1 aromatic rings. The summed E-state index contributed by atoms with van der Waals surface area (Å²) in [6.45, 7) is 2.08. The fourth-order valence-corrected chi connectivity index (χ4v) is 3.14. The topological polar surface area (TPSA) is 80.4 Å². The molecule has 21 heavy (non-hydrogen) atoms. The molecule has 7 heteroatoms. The molecule has 116 valence electrons. The number of nitrogens with two attached hydrogens (primary N) is 1. The van der Waals surface area contributed by atoms with Crippen LogP contribution in [0.2, 0.25) is 0 Å². The minimum Gasteiger partial charge on any atom is -0.355 e. The van der Waals surface area contributed by atoms with E-state index in [0.717, 1.165) is 17.3 Å². The normalized spacial score (nSPS) is 18.6. The van der Waals surface area contributed by atoms with Crippen molar-refractivity contribution in [2.24, 2.45) is 18.7 Å². The van der Waals surface area contributed by atoms with Crippen LogP contribution in [-0.4, -0.2) is 47.5 Å². The zero-order chi connectivity index (χ0) is 15.4. The Morgan fingerprint density at radius 2 is 2.29 bits per heavy atom. The average Bonchev–Trinajstić information content (AvgIpc) is 2.82. The largest absolute Gasteiger partial charge is 0.355 e. The first-order valence-electron chi connectivity index (χ1n) is 7.12. The van der Waals surface area contributed by atoms with Gasteiger partial charge in [-0.1, -0.05) is 0 Å². The van der Waals surface area contributed by atoms with E-state index in [0.29, 0.717) is 31.9 Å². The summed E-state index contributed by atoms with van der Waals surface area (Å²) in [6.07, 6.45) is 3.51. The van der Waals surface area contributed by atoms with Crippen LogP contribution in [0.5, 0.6) is 0 Å². The molecule has 1 atom stereocenters. The van der Waals surface area contributed by atoms with E-state index in [4.69, 9.17) is 5.73 Å². The fourth-order valence-electron chi connectivity index (χ4n) is 2.61. The molecule has 0 spiro atoms. The van der Waals surface area contributed by atoms with Gasteiger partial charge in [0.25, 0.3) is 5.91 Å². The van der Waals surface area contributed by atoms with Gasteiger partial charge in [0.2, 0.25) is 5.91 Å². The van der Waals surface area contributed by atoms with Gasteiger partial charge in [0.15, 0.2) is 0 Å². The highest BCUT2D eigenvalue weighted by Crippen LogP contribution is 2.21. The molecular formula is C14H21BrN4O2. The second kappa shape index (κ2) is 7.09. The summed E-state index contributed by atoms with van der Waals surface area (Å²) < 4.78 is 2.67. The number of hydrogen-bond donors (Lipinski definition) is 2. The van der Waals surface area contributed by atoms with E-state index in [2.05, 4.69) is 21.2 Å². The third-order valence-corrected chi connectivity index (χ3v) is 4.15. The molecule has 2 amide bonds. The summed E-state index contributed by atoms with van der Waals surface area (Å²) in [7, 11) is 1.84. The molecule has 2 heterocycles. The van der Waals surface area contributed by atoms with Crippen molar-refractivity contribution in [1.82, 2.24) is 14.8 Å². The molecule has 0 radical (unpaired) electrons. The first-order chi connectivity index (χ1) is 10.0. The summed E-state index contributed by atoms with van der Waals surface area (Å²) >= 11 is 3.37. The number of rotatable bonds is 4. The maximum atomic E-state index is 12.5. The van der Waals surface area contributed by atoms with E-state index in [1.54, 1.807) is 15.5 Å². The lowest BCUT2D eigenvalue weighted by atomic mass is 9.97. The summed E-state index contributed by atoms with van der Waals surface area (Å²) in [5.74, 6) is -0.177. The molecule has 0 aliphatic carbocycles. The summed E-state index contributed by atoms with van der Waals surface area (Å²) in [4.78, 5) is 26.3. The van der Waals surface area contributed by atoms with Crippen molar-refractivity contribution in [1.29, 1.82) is 0 Å². The fraction of sp³-hybridized carbons (Fsp3) is 0.571. The third-order valence-electron chi connectivity index (χ3n) is 3.71. The number of likely N-dealkylation sites (tertiary alicyclic amines) is 1. The van der Waals surface area contributed by atoms with Crippen LogP contribution in [0, 0.1) is 5.92 Å². The van der Waals surface area contributed by atoms with Gasteiger partial charge in [0.1, 0.15) is 5.69 Å². The lowest BCUT2D eigenvalue weighted by molar-refractivity contribution is -0.126. The van der Waals surface area contributed by atoms with Gasteiger partial charge in [0.05, 0.1) is 5.92 Å². The summed E-state index contributed by atoms with van der Waals surface area (Å²) in [5.41, 5.74) is 6.02. The maximum absolute atomic E-state index is 12.5. The van der Waals surface area contributed by atoms with E-state index < -0.39 is 0 Å². The molecule has 1 aromatic heterocycles. The van der Waals surface area contributed by atoms with E-state index in [9.17, 15) is 9.59 Å². The van der Waals surface area contributed by atoms with Crippen LogP contribution in [0.25, 0.3) is 0 Å². The van der Waals surface area contributed by atoms with Gasteiger partial charge in [-0.15, -0.1) is 0 Å². The highest BCUT2D eigenvalue weighted by molar-refractivity contribution is 9.10. The number of halogens is 1. The smallest absolute Gasteiger partial charge is 0.270 e. The number of amides is 2. The van der Waals surface area contributed by atoms with Gasteiger partial charge in [-0.2, -0.15) is 0 Å². The van der Waals surface area contributed by atoms with Gasteiger partial charge in [-0.05, 0) is 34.8 Å². The highest BCUT2D eigenvalue weighted by atomic mass is 79.9. The number of aromatic nitrogens is 1. The molecule has 1 saturated heterocycles. The van der Waals surface area contributed by atoms with Crippen molar-refractivity contribution >= 4 is 27.7 Å².